The van der Waals surface area contributed by atoms with Crippen LogP contribution >= 0.6 is 0 Å². The summed E-state index contributed by atoms with van der Waals surface area (Å²) in [4.78, 5) is 8.69. The molecule has 3 heteroatoms. The van der Waals surface area contributed by atoms with Gasteiger partial charge in [0.1, 0.15) is 0 Å². The molecule has 0 aliphatic rings. The monoisotopic (exact) mass is 115 g/mol. The van der Waals surface area contributed by atoms with Crippen LogP contribution in [0.3, 0.4) is 0 Å². The van der Waals surface area contributed by atoms with E-state index in [-0.39, 0.29) is 17.4 Å². The molecular formula is CH4AlFeO. The van der Waals surface area contributed by atoms with E-state index >= 15 is 0 Å². The predicted octanol–water partition coefficient (Wildman–Crippen LogP) is -1.46. The average Bonchev–Trinajstić information content (AvgIpc) is 0.918. The van der Waals surface area contributed by atoms with Crippen molar-refractivity contribution in [3.63, 3.8) is 0 Å². The second-order valence-corrected chi connectivity index (χ2v) is 0.344. The Kier molecular flexibility index (Phi) is 20.5. The Morgan fingerprint density at radius 2 is 1.75 bits per heavy atom. The quantitative estimate of drug-likeness (QED) is 0.278. The van der Waals surface area contributed by atoms with E-state index in [1.54, 1.807) is 0 Å². The number of carbonyl (C=O) groups is 1. The fourth-order valence-electron chi connectivity index (χ4n) is 0. The van der Waals surface area contributed by atoms with Gasteiger partial charge in [-0.05, 0) is 0 Å². The normalized spacial score (nSPS) is 3.25. The second kappa shape index (κ2) is 9.30. The average molecular weight is 115 g/mol. The summed E-state index contributed by atoms with van der Waals surface area (Å²) in [5, 5.41) is 0.500. The molecule has 0 unspecified atom stereocenters. The van der Waals surface area contributed by atoms with Crippen LogP contribution in [0.4, 0.5) is 0 Å². The number of rotatable bonds is 0. The Morgan fingerprint density at radius 3 is 1.75 bits per heavy atom. The third kappa shape index (κ3) is 15.5. The van der Waals surface area contributed by atoms with Crippen molar-refractivity contribution in [2.24, 2.45) is 0 Å². The first-order valence-corrected chi connectivity index (χ1v) is 1.08. The van der Waals surface area contributed by atoms with Gasteiger partial charge in [-0.15, -0.1) is 0 Å². The minimum absolute atomic E-state index is 0. The maximum absolute atomic E-state index is 8.69. The SMILES string of the molecule is O=[CH][Fe].[AlH3]. The Hall–Kier alpha value is 0.722. The molecule has 4 heavy (non-hydrogen) atoms. The number of hydrogen-bond donors (Lipinski definition) is 0. The zero-order valence-electron chi connectivity index (χ0n) is 1.34. The fourth-order valence-corrected chi connectivity index (χ4v) is 0. The third-order valence-corrected chi connectivity index (χ3v) is 0. The van der Waals surface area contributed by atoms with Crippen molar-refractivity contribution in [1.29, 1.82) is 0 Å². The summed E-state index contributed by atoms with van der Waals surface area (Å²) in [6.45, 7) is 0. The first-order valence-electron chi connectivity index (χ1n) is 0.440. The molecule has 0 amide bonds. The van der Waals surface area contributed by atoms with E-state index in [0.717, 1.165) is 0 Å². The first kappa shape index (κ1) is 8.83. The molecule has 0 aliphatic heterocycles. The first-order chi connectivity index (χ1) is 1.41. The van der Waals surface area contributed by atoms with Crippen molar-refractivity contribution in [1.82, 2.24) is 0 Å². The van der Waals surface area contributed by atoms with Gasteiger partial charge >= 0.3 is 26.0 Å². The zero-order chi connectivity index (χ0) is 2.71. The van der Waals surface area contributed by atoms with E-state index in [1.807, 2.05) is 0 Å². The Morgan fingerprint density at radius 1 is 1.75 bits per heavy atom. The molecule has 25 valence electrons. The Labute approximate surface area is 43.7 Å². The van der Waals surface area contributed by atoms with Crippen molar-refractivity contribution in [3.8, 4) is 0 Å². The van der Waals surface area contributed by atoms with Crippen LogP contribution < -0.4 is 0 Å². The maximum Gasteiger partial charge on any atom is 0.187 e. The maximum atomic E-state index is 8.69. The van der Waals surface area contributed by atoms with E-state index in [0.29, 0.717) is 5.18 Å². The van der Waals surface area contributed by atoms with Crippen LogP contribution in [-0.2, 0) is 20.8 Å². The van der Waals surface area contributed by atoms with Gasteiger partial charge in [0.05, 0.1) is 0 Å². The van der Waals surface area contributed by atoms with Gasteiger partial charge in [-0.3, -0.25) is 0 Å². The molecule has 0 radical (unpaired) electrons. The smallest absolute Gasteiger partial charge is 0.187 e. The second-order valence-electron chi connectivity index (χ2n) is 0.0833. The zero-order valence-corrected chi connectivity index (χ0v) is 2.44. The molecule has 0 bridgehead atoms. The van der Waals surface area contributed by atoms with E-state index in [9.17, 15) is 0 Å². The molecule has 0 aromatic heterocycles. The molecular weight excluding hydrogens is 111 g/mol. The summed E-state index contributed by atoms with van der Waals surface area (Å²) in [7, 11) is 0. The van der Waals surface area contributed by atoms with Gasteiger partial charge < -0.3 is 0 Å². The van der Waals surface area contributed by atoms with Crippen molar-refractivity contribution in [3.05, 3.63) is 0 Å². The van der Waals surface area contributed by atoms with Crippen LogP contribution in [0, 0.1) is 0 Å². The molecule has 0 rings (SSSR count). The Bertz CT molecular complexity index is 15.5. The minimum Gasteiger partial charge on any atom is 0.187 e. The number of hydrogen-bond acceptors (Lipinski definition) is 1. The van der Waals surface area contributed by atoms with Gasteiger partial charge in [-0.25, -0.2) is 0 Å². The van der Waals surface area contributed by atoms with Crippen LogP contribution in [-0.4, -0.2) is 22.5 Å². The van der Waals surface area contributed by atoms with Gasteiger partial charge in [-0.1, -0.05) is 0 Å². The van der Waals surface area contributed by atoms with Crippen molar-refractivity contribution in [2.75, 3.05) is 0 Å². The summed E-state index contributed by atoms with van der Waals surface area (Å²) in [6.07, 6.45) is 0. The van der Waals surface area contributed by atoms with Gasteiger partial charge in [0, 0.05) is 0 Å². The molecule has 0 N–H and O–H groups in total. The van der Waals surface area contributed by atoms with Gasteiger partial charge in [0.25, 0.3) is 0 Å². The van der Waals surface area contributed by atoms with Crippen LogP contribution in [0.5, 0.6) is 0 Å². The summed E-state index contributed by atoms with van der Waals surface area (Å²) in [5.41, 5.74) is 0. The molecule has 0 heterocycles. The van der Waals surface area contributed by atoms with Crippen molar-refractivity contribution >= 4 is 22.5 Å². The molecule has 0 aliphatic carbocycles. The van der Waals surface area contributed by atoms with Crippen molar-refractivity contribution in [2.45, 2.75) is 0 Å². The number of carbonyl (C=O) groups excluding carboxylic acids is 1. The van der Waals surface area contributed by atoms with Gasteiger partial charge in [-0.2, -0.15) is 0 Å². The van der Waals surface area contributed by atoms with Crippen LogP contribution in [0.1, 0.15) is 0 Å². The summed E-state index contributed by atoms with van der Waals surface area (Å²) < 4.78 is 0. The molecule has 0 saturated carbocycles. The van der Waals surface area contributed by atoms with E-state index in [2.05, 4.69) is 16.0 Å². The summed E-state index contributed by atoms with van der Waals surface area (Å²) in [5.74, 6) is 0. The fraction of sp³-hybridized carbons (Fsp3) is 0. The van der Waals surface area contributed by atoms with E-state index < -0.39 is 0 Å². The Balaban J connectivity index is 0. The third-order valence-electron chi connectivity index (χ3n) is 0. The summed E-state index contributed by atoms with van der Waals surface area (Å²) in [6, 6.07) is 0. The van der Waals surface area contributed by atoms with Gasteiger partial charge in [0.15, 0.2) is 17.4 Å². The summed E-state index contributed by atoms with van der Waals surface area (Å²) >= 11 is 2.81. The van der Waals surface area contributed by atoms with Crippen LogP contribution in [0.2, 0.25) is 0 Å². The van der Waals surface area contributed by atoms with Crippen LogP contribution in [0.15, 0.2) is 0 Å². The molecule has 0 saturated heterocycles. The van der Waals surface area contributed by atoms with E-state index in [1.165, 1.54) is 0 Å². The van der Waals surface area contributed by atoms with E-state index in [4.69, 9.17) is 4.79 Å². The van der Waals surface area contributed by atoms with Gasteiger partial charge in [0.2, 0.25) is 0 Å². The largest absolute Gasteiger partial charge is 0.187 e. The molecule has 1 nitrogen and oxygen atoms in total. The molecule has 0 aromatic rings. The minimum atomic E-state index is 0. The van der Waals surface area contributed by atoms with Crippen molar-refractivity contribution < 1.29 is 20.8 Å². The molecule has 0 fully saturated rings. The molecule has 0 atom stereocenters. The topological polar surface area (TPSA) is 17.1 Å². The predicted molar refractivity (Wildman–Crippen MR) is 16.7 cm³/mol. The molecule has 0 aromatic carbocycles. The van der Waals surface area contributed by atoms with Crippen LogP contribution in [0.25, 0.3) is 0 Å². The standard InChI is InChI=1S/CHO.Al.Fe.3H/c1-2;;;;;/h1H;;;;;. The molecule has 0 spiro atoms.